The second-order valence-corrected chi connectivity index (χ2v) is 9.66. The number of nitrogens with zero attached hydrogens (tertiary/aromatic N) is 4. The summed E-state index contributed by atoms with van der Waals surface area (Å²) in [5, 5.41) is 0. The van der Waals surface area contributed by atoms with Crippen LogP contribution in [0.5, 0.6) is 0 Å². The van der Waals surface area contributed by atoms with Gasteiger partial charge in [0.25, 0.3) is 0 Å². The molecule has 0 bridgehead atoms. The lowest BCUT2D eigenvalue weighted by Gasteiger charge is -2.39. The first kappa shape index (κ1) is 21.3. The van der Waals surface area contributed by atoms with Gasteiger partial charge in [0, 0.05) is 64.0 Å². The molecule has 0 N–H and O–H groups in total. The normalized spacial score (nSPS) is 26.6. The lowest BCUT2D eigenvalue weighted by molar-refractivity contribution is -0.127. The molecule has 3 fully saturated rings. The minimum absolute atomic E-state index is 0.104. The second kappa shape index (κ2) is 9.49. The van der Waals surface area contributed by atoms with Gasteiger partial charge in [-0.3, -0.25) is 9.69 Å². The van der Waals surface area contributed by atoms with Gasteiger partial charge in [-0.1, -0.05) is 13.0 Å². The number of piperidine rings is 1. The number of hydrogen-bond donors (Lipinski definition) is 0. The fourth-order valence-electron chi connectivity index (χ4n) is 5.11. The highest BCUT2D eigenvalue weighted by molar-refractivity contribution is 5.91. The molecule has 2 aromatic rings. The first-order valence-corrected chi connectivity index (χ1v) is 12.1. The Labute approximate surface area is 190 Å². The van der Waals surface area contributed by atoms with Gasteiger partial charge in [-0.15, -0.1) is 0 Å². The van der Waals surface area contributed by atoms with Crippen molar-refractivity contribution in [2.24, 2.45) is 11.8 Å². The van der Waals surface area contributed by atoms with Crippen LogP contribution in [0.1, 0.15) is 43.6 Å². The number of hydrogen-bond acceptors (Lipinski definition) is 5. The number of furan rings is 1. The average Bonchev–Trinajstić information content (AvgIpc) is 3.37. The van der Waals surface area contributed by atoms with Crippen LogP contribution >= 0.6 is 0 Å². The molecule has 1 aliphatic carbocycles. The highest BCUT2D eigenvalue weighted by Crippen LogP contribution is 2.47. The molecule has 2 aromatic heterocycles. The molecule has 2 aliphatic heterocycles. The number of piperazine rings is 1. The predicted molar refractivity (Wildman–Crippen MR) is 126 cm³/mol. The van der Waals surface area contributed by atoms with Crippen molar-refractivity contribution in [2.75, 3.05) is 50.7 Å². The van der Waals surface area contributed by atoms with E-state index < -0.39 is 0 Å². The molecule has 3 aliphatic rings. The summed E-state index contributed by atoms with van der Waals surface area (Å²) in [7, 11) is 0. The minimum atomic E-state index is 0.104. The Morgan fingerprint density at radius 1 is 1.16 bits per heavy atom. The van der Waals surface area contributed by atoms with Gasteiger partial charge in [0.15, 0.2) is 0 Å². The van der Waals surface area contributed by atoms with Crippen LogP contribution in [0.4, 0.5) is 5.82 Å². The van der Waals surface area contributed by atoms with E-state index in [9.17, 15) is 4.79 Å². The summed E-state index contributed by atoms with van der Waals surface area (Å²) in [6.07, 6.45) is 8.88. The first-order chi connectivity index (χ1) is 15.7. The van der Waals surface area contributed by atoms with Crippen LogP contribution in [0.2, 0.25) is 0 Å². The number of anilines is 1. The SMILES string of the molecule is CC1CC1c1ccc(/C=C/C(=O)N2CCCC(CN3CCN(c4ccccn4)CC3)C2)o1. The summed E-state index contributed by atoms with van der Waals surface area (Å²) in [5.41, 5.74) is 0. The number of likely N-dealkylation sites (tertiary alicyclic amines) is 1. The van der Waals surface area contributed by atoms with Crippen LogP contribution in [0.3, 0.4) is 0 Å². The van der Waals surface area contributed by atoms with Gasteiger partial charge in [-0.2, -0.15) is 0 Å². The first-order valence-electron chi connectivity index (χ1n) is 12.1. The van der Waals surface area contributed by atoms with E-state index in [0.29, 0.717) is 11.8 Å². The zero-order valence-corrected chi connectivity index (χ0v) is 19.0. The van der Waals surface area contributed by atoms with Crippen molar-refractivity contribution >= 4 is 17.8 Å². The molecule has 170 valence electrons. The topological polar surface area (TPSA) is 52.8 Å². The zero-order chi connectivity index (χ0) is 21.9. The van der Waals surface area contributed by atoms with Crippen LogP contribution in [-0.2, 0) is 4.79 Å². The van der Waals surface area contributed by atoms with E-state index in [-0.39, 0.29) is 5.91 Å². The molecule has 0 aromatic carbocycles. The van der Waals surface area contributed by atoms with Crippen LogP contribution < -0.4 is 4.90 Å². The summed E-state index contributed by atoms with van der Waals surface area (Å²) in [5.74, 6) is 4.87. The molecular formula is C26H34N4O2. The zero-order valence-electron chi connectivity index (χ0n) is 19.0. The monoisotopic (exact) mass is 434 g/mol. The van der Waals surface area contributed by atoms with E-state index in [4.69, 9.17) is 4.42 Å². The minimum Gasteiger partial charge on any atom is -0.461 e. The molecule has 3 unspecified atom stereocenters. The molecular weight excluding hydrogens is 400 g/mol. The number of carbonyl (C=O) groups is 1. The molecule has 5 rings (SSSR count). The Morgan fingerprint density at radius 2 is 2.00 bits per heavy atom. The summed E-state index contributed by atoms with van der Waals surface area (Å²) in [6, 6.07) is 10.1. The van der Waals surface area contributed by atoms with E-state index in [1.165, 1.54) is 12.8 Å². The third kappa shape index (κ3) is 5.07. The summed E-state index contributed by atoms with van der Waals surface area (Å²) in [4.78, 5) is 24.2. The van der Waals surface area contributed by atoms with E-state index in [0.717, 1.165) is 75.5 Å². The second-order valence-electron chi connectivity index (χ2n) is 9.66. The quantitative estimate of drug-likeness (QED) is 0.646. The van der Waals surface area contributed by atoms with E-state index in [2.05, 4.69) is 39.9 Å². The number of aromatic nitrogens is 1. The van der Waals surface area contributed by atoms with Crippen molar-refractivity contribution in [2.45, 2.75) is 32.1 Å². The molecule has 6 nitrogen and oxygen atoms in total. The largest absolute Gasteiger partial charge is 0.461 e. The number of pyridine rings is 1. The van der Waals surface area contributed by atoms with Gasteiger partial charge >= 0.3 is 0 Å². The van der Waals surface area contributed by atoms with Crippen LogP contribution in [-0.4, -0.2) is 66.5 Å². The maximum Gasteiger partial charge on any atom is 0.246 e. The number of carbonyl (C=O) groups excluding carboxylic acids is 1. The number of rotatable bonds is 6. The lowest BCUT2D eigenvalue weighted by Crippen LogP contribution is -2.50. The summed E-state index contributed by atoms with van der Waals surface area (Å²) < 4.78 is 5.91. The van der Waals surface area contributed by atoms with Crippen LogP contribution in [0, 0.1) is 11.8 Å². The number of amides is 1. The molecule has 2 saturated heterocycles. The van der Waals surface area contributed by atoms with Crippen LogP contribution in [0.25, 0.3) is 6.08 Å². The molecule has 4 heterocycles. The molecule has 1 saturated carbocycles. The van der Waals surface area contributed by atoms with Gasteiger partial charge in [0.05, 0.1) is 0 Å². The fourth-order valence-corrected chi connectivity index (χ4v) is 5.11. The van der Waals surface area contributed by atoms with Crippen molar-refractivity contribution in [3.05, 3.63) is 54.1 Å². The Balaban J connectivity index is 1.09. The molecule has 3 atom stereocenters. The maximum absolute atomic E-state index is 12.8. The fraction of sp³-hybridized carbons (Fsp3) is 0.538. The lowest BCUT2D eigenvalue weighted by atomic mass is 9.97. The van der Waals surface area contributed by atoms with Gasteiger partial charge in [-0.05, 0) is 61.4 Å². The molecule has 1 amide bonds. The van der Waals surface area contributed by atoms with Crippen molar-refractivity contribution in [1.82, 2.24) is 14.8 Å². The van der Waals surface area contributed by atoms with Gasteiger partial charge in [-0.25, -0.2) is 4.98 Å². The van der Waals surface area contributed by atoms with E-state index in [1.807, 2.05) is 29.3 Å². The molecule has 6 heteroatoms. The van der Waals surface area contributed by atoms with Crippen molar-refractivity contribution in [3.8, 4) is 0 Å². The third-order valence-corrected chi connectivity index (χ3v) is 7.21. The van der Waals surface area contributed by atoms with Crippen molar-refractivity contribution < 1.29 is 9.21 Å². The van der Waals surface area contributed by atoms with Gasteiger partial charge < -0.3 is 14.2 Å². The van der Waals surface area contributed by atoms with E-state index >= 15 is 0 Å². The van der Waals surface area contributed by atoms with E-state index in [1.54, 1.807) is 6.08 Å². The van der Waals surface area contributed by atoms with Crippen molar-refractivity contribution in [1.29, 1.82) is 0 Å². The Bertz CT molecular complexity index is 932. The van der Waals surface area contributed by atoms with Gasteiger partial charge in [0.2, 0.25) is 5.91 Å². The standard InChI is InChI=1S/C26H34N4O2/c1-20-17-23(20)24-9-7-22(32-24)8-10-26(31)30-12-4-5-21(19-30)18-28-13-15-29(16-14-28)25-6-2-3-11-27-25/h2-3,6-11,20-21,23H,4-5,12-19H2,1H3/b10-8+. The highest BCUT2D eigenvalue weighted by atomic mass is 16.3. The summed E-state index contributed by atoms with van der Waals surface area (Å²) in [6.45, 7) is 9.18. The summed E-state index contributed by atoms with van der Waals surface area (Å²) >= 11 is 0. The molecule has 32 heavy (non-hydrogen) atoms. The third-order valence-electron chi connectivity index (χ3n) is 7.21. The maximum atomic E-state index is 12.8. The Morgan fingerprint density at radius 3 is 2.75 bits per heavy atom. The highest BCUT2D eigenvalue weighted by Gasteiger charge is 2.36. The molecule has 0 spiro atoms. The average molecular weight is 435 g/mol. The molecule has 0 radical (unpaired) electrons. The van der Waals surface area contributed by atoms with Crippen molar-refractivity contribution in [3.63, 3.8) is 0 Å². The van der Waals surface area contributed by atoms with Crippen LogP contribution in [0.15, 0.2) is 47.0 Å². The Kier molecular flexibility index (Phi) is 6.30. The Hall–Kier alpha value is -2.60. The smallest absolute Gasteiger partial charge is 0.246 e. The van der Waals surface area contributed by atoms with Gasteiger partial charge in [0.1, 0.15) is 17.3 Å². The predicted octanol–water partition coefficient (Wildman–Crippen LogP) is 3.87.